The van der Waals surface area contributed by atoms with Gasteiger partial charge in [-0.2, -0.15) is 0 Å². The normalized spacial score (nSPS) is 13.8. The number of pyridine rings is 1. The van der Waals surface area contributed by atoms with Crippen LogP contribution in [0.15, 0.2) is 90.4 Å². The third kappa shape index (κ3) is 6.92. The average molecular weight is 575 g/mol. The zero-order chi connectivity index (χ0) is 29.5. The van der Waals surface area contributed by atoms with Crippen LogP contribution in [0.25, 0.3) is 10.9 Å². The monoisotopic (exact) mass is 574 g/mol. The zero-order valence-electron chi connectivity index (χ0n) is 22.1. The molecule has 0 saturated carbocycles. The number of rotatable bonds is 6. The second-order valence-corrected chi connectivity index (χ2v) is 9.94. The molecule has 41 heavy (non-hydrogen) atoms. The number of nitrogens with one attached hydrogen (secondary N) is 1. The van der Waals surface area contributed by atoms with Gasteiger partial charge < -0.3 is 25.2 Å². The molecule has 12 heteroatoms. The van der Waals surface area contributed by atoms with Crippen LogP contribution in [0.5, 0.6) is 5.75 Å². The number of benzene rings is 2. The summed E-state index contributed by atoms with van der Waals surface area (Å²) in [5.41, 5.74) is 3.60. The molecule has 1 unspecified atom stereocenters. The van der Waals surface area contributed by atoms with Gasteiger partial charge in [0.2, 0.25) is 5.78 Å². The van der Waals surface area contributed by atoms with Crippen LogP contribution in [-0.2, 0) is 16.2 Å². The number of ketones is 1. The largest absolute Gasteiger partial charge is 0.489 e. The van der Waals surface area contributed by atoms with E-state index in [1.54, 1.807) is 38.8 Å². The fourth-order valence-corrected chi connectivity index (χ4v) is 4.83. The van der Waals surface area contributed by atoms with Crippen molar-refractivity contribution in [3.8, 4) is 5.75 Å². The number of hydrogen-bond acceptors (Lipinski definition) is 8. The molecule has 0 bridgehead atoms. The molecule has 2 aromatic heterocycles. The number of carboxylic acids is 2. The molecule has 1 aliphatic rings. The van der Waals surface area contributed by atoms with Gasteiger partial charge in [-0.05, 0) is 23.8 Å². The molecule has 4 aromatic rings. The van der Waals surface area contributed by atoms with E-state index in [1.165, 1.54) is 21.2 Å². The SMILES string of the molecule is CN(C)C(=O)n1cc(C(=O)C2=CSC(c3cccnc3)N2)c2ccc(OCc3ccccc3)cc21.O=C(O)C(=O)O. The van der Waals surface area contributed by atoms with Gasteiger partial charge in [-0.3, -0.25) is 14.3 Å². The summed E-state index contributed by atoms with van der Waals surface area (Å²) in [6.45, 7) is 0.407. The van der Waals surface area contributed by atoms with E-state index in [2.05, 4.69) is 10.3 Å². The van der Waals surface area contributed by atoms with E-state index in [0.717, 1.165) is 11.1 Å². The molecule has 5 rings (SSSR count). The molecule has 0 radical (unpaired) electrons. The van der Waals surface area contributed by atoms with Crippen LogP contribution in [0, 0.1) is 0 Å². The van der Waals surface area contributed by atoms with E-state index in [-0.39, 0.29) is 17.2 Å². The van der Waals surface area contributed by atoms with Gasteiger partial charge in [-0.25, -0.2) is 14.4 Å². The number of ether oxygens (including phenoxy) is 1. The van der Waals surface area contributed by atoms with Crippen LogP contribution in [0.4, 0.5) is 4.79 Å². The van der Waals surface area contributed by atoms with Crippen LogP contribution in [-0.4, -0.2) is 62.5 Å². The predicted molar refractivity (Wildman–Crippen MR) is 153 cm³/mol. The number of thioether (sulfide) groups is 1. The Balaban J connectivity index is 0.000000585. The average Bonchev–Trinajstić information content (AvgIpc) is 3.62. The third-order valence-electron chi connectivity index (χ3n) is 5.88. The Kier molecular flexibility index (Phi) is 9.05. The van der Waals surface area contributed by atoms with Crippen LogP contribution in [0.1, 0.15) is 26.9 Å². The number of aliphatic carboxylic acids is 2. The number of Topliss-reactive ketones (excluding diaryl/α,β-unsaturated/α-hetero) is 1. The van der Waals surface area contributed by atoms with Gasteiger partial charge in [0.15, 0.2) is 0 Å². The second kappa shape index (κ2) is 12.8. The zero-order valence-corrected chi connectivity index (χ0v) is 22.9. The van der Waals surface area contributed by atoms with E-state index >= 15 is 0 Å². The minimum Gasteiger partial charge on any atom is -0.489 e. The van der Waals surface area contributed by atoms with Gasteiger partial charge in [0.05, 0.1) is 16.8 Å². The number of carbonyl (C=O) groups is 4. The van der Waals surface area contributed by atoms with E-state index in [4.69, 9.17) is 24.5 Å². The maximum Gasteiger partial charge on any atom is 0.414 e. The lowest BCUT2D eigenvalue weighted by atomic mass is 10.1. The molecule has 0 aliphatic carbocycles. The fraction of sp³-hybridized carbons (Fsp3) is 0.138. The molecular weight excluding hydrogens is 548 g/mol. The van der Waals surface area contributed by atoms with Crippen molar-refractivity contribution in [2.75, 3.05) is 14.1 Å². The molecule has 0 spiro atoms. The summed E-state index contributed by atoms with van der Waals surface area (Å²) in [5.74, 6) is -3.20. The number of carbonyl (C=O) groups excluding carboxylic acids is 2. The number of fused-ring (bicyclic) bond motifs is 1. The molecule has 1 aliphatic heterocycles. The molecule has 3 N–H and O–H groups in total. The van der Waals surface area contributed by atoms with Crippen molar-refractivity contribution in [3.63, 3.8) is 0 Å². The summed E-state index contributed by atoms with van der Waals surface area (Å²) in [4.78, 5) is 50.3. The molecule has 0 saturated heterocycles. The summed E-state index contributed by atoms with van der Waals surface area (Å²) < 4.78 is 7.47. The van der Waals surface area contributed by atoms with Crippen molar-refractivity contribution < 1.29 is 34.1 Å². The number of nitrogens with zero attached hydrogens (tertiary/aromatic N) is 3. The Morgan fingerprint density at radius 2 is 1.76 bits per heavy atom. The first kappa shape index (κ1) is 28.9. The lowest BCUT2D eigenvalue weighted by Crippen LogP contribution is -2.26. The Hall–Kier alpha value is -5.10. The van der Waals surface area contributed by atoms with Gasteiger partial charge in [0.1, 0.15) is 17.7 Å². The van der Waals surface area contributed by atoms with E-state index in [0.29, 0.717) is 34.5 Å². The minimum absolute atomic E-state index is 0.0857. The Morgan fingerprint density at radius 1 is 1.02 bits per heavy atom. The minimum atomic E-state index is -1.82. The van der Waals surface area contributed by atoms with Crippen LogP contribution < -0.4 is 10.1 Å². The molecular formula is C29H26N4O7S. The Bertz CT molecular complexity index is 1610. The first-order valence-electron chi connectivity index (χ1n) is 12.2. The molecule has 210 valence electrons. The van der Waals surface area contributed by atoms with E-state index in [1.807, 2.05) is 60.0 Å². The van der Waals surface area contributed by atoms with Crippen molar-refractivity contribution >= 4 is 46.4 Å². The van der Waals surface area contributed by atoms with Crippen molar-refractivity contribution in [1.82, 2.24) is 19.8 Å². The standard InChI is InChI=1S/C27H24N4O3S.C2H2O4/c1-30(2)27(33)31-15-22(25(32)23-17-35-26(29-23)19-9-6-12-28-14-19)21-11-10-20(13-24(21)31)34-16-18-7-4-3-5-8-18;3-1(4)2(5)6/h3-15,17,26,29H,16H2,1-2H3;(H,3,4)(H,5,6). The van der Waals surface area contributed by atoms with Crippen LogP contribution in [0.2, 0.25) is 0 Å². The van der Waals surface area contributed by atoms with Crippen molar-refractivity contribution in [2.24, 2.45) is 0 Å². The van der Waals surface area contributed by atoms with Crippen LogP contribution >= 0.6 is 11.8 Å². The predicted octanol–water partition coefficient (Wildman–Crippen LogP) is 4.36. The molecule has 1 atom stereocenters. The summed E-state index contributed by atoms with van der Waals surface area (Å²) in [6, 6.07) is 18.9. The fourth-order valence-electron chi connectivity index (χ4n) is 3.89. The van der Waals surface area contributed by atoms with E-state index < -0.39 is 11.9 Å². The molecule has 11 nitrogen and oxygen atoms in total. The van der Waals surface area contributed by atoms with Crippen molar-refractivity contribution in [1.29, 1.82) is 0 Å². The highest BCUT2D eigenvalue weighted by Crippen LogP contribution is 2.36. The quantitative estimate of drug-likeness (QED) is 0.224. The first-order valence-corrected chi connectivity index (χ1v) is 13.2. The number of hydrogen-bond donors (Lipinski definition) is 3. The summed E-state index contributed by atoms with van der Waals surface area (Å²) in [7, 11) is 3.36. The lowest BCUT2D eigenvalue weighted by Gasteiger charge is -2.12. The highest BCUT2D eigenvalue weighted by atomic mass is 32.2. The Labute approximate surface area is 239 Å². The number of aromatic nitrogens is 2. The van der Waals surface area contributed by atoms with Gasteiger partial charge in [-0.1, -0.05) is 36.4 Å². The second-order valence-electron chi connectivity index (χ2n) is 8.96. The molecule has 3 heterocycles. The third-order valence-corrected chi connectivity index (χ3v) is 6.92. The molecule has 1 amide bonds. The van der Waals surface area contributed by atoms with Crippen molar-refractivity contribution in [3.05, 3.63) is 107 Å². The van der Waals surface area contributed by atoms with Gasteiger partial charge >= 0.3 is 18.0 Å². The Morgan fingerprint density at radius 3 is 2.39 bits per heavy atom. The molecule has 0 fully saturated rings. The maximum absolute atomic E-state index is 13.5. The van der Waals surface area contributed by atoms with Gasteiger partial charge in [0, 0.05) is 55.1 Å². The summed E-state index contributed by atoms with van der Waals surface area (Å²) >= 11 is 1.52. The number of carboxylic acid groups (broad SMARTS) is 2. The van der Waals surface area contributed by atoms with Gasteiger partial charge in [0.25, 0.3) is 0 Å². The van der Waals surface area contributed by atoms with Crippen molar-refractivity contribution in [2.45, 2.75) is 12.0 Å². The summed E-state index contributed by atoms with van der Waals surface area (Å²) in [6.07, 6.45) is 5.11. The molecule has 2 aromatic carbocycles. The highest BCUT2D eigenvalue weighted by molar-refractivity contribution is 8.02. The van der Waals surface area contributed by atoms with E-state index in [9.17, 15) is 9.59 Å². The smallest absolute Gasteiger partial charge is 0.414 e. The van der Waals surface area contributed by atoms with Crippen LogP contribution in [0.3, 0.4) is 0 Å². The topological polar surface area (TPSA) is 151 Å². The lowest BCUT2D eigenvalue weighted by molar-refractivity contribution is -0.159. The maximum atomic E-state index is 13.5. The number of allylic oxidation sites excluding steroid dienone is 1. The first-order chi connectivity index (χ1) is 19.7. The highest BCUT2D eigenvalue weighted by Gasteiger charge is 2.27. The van der Waals surface area contributed by atoms with Gasteiger partial charge in [-0.15, -0.1) is 11.8 Å². The summed E-state index contributed by atoms with van der Waals surface area (Å²) in [5, 5.41) is 20.5. The number of amides is 1.